The molecule has 118 valence electrons. The third-order valence-corrected chi connectivity index (χ3v) is 5.74. The van der Waals surface area contributed by atoms with E-state index in [0.29, 0.717) is 24.2 Å². The number of rotatable bonds is 4. The summed E-state index contributed by atoms with van der Waals surface area (Å²) in [5.41, 5.74) is 2.49. The Bertz CT molecular complexity index is 547. The monoisotopic (exact) mass is 297 g/mol. The second kappa shape index (κ2) is 6.37. The molecule has 2 heteroatoms. The van der Waals surface area contributed by atoms with E-state index < -0.39 is 0 Å². The van der Waals surface area contributed by atoms with Gasteiger partial charge in [-0.25, -0.2) is 0 Å². The molecule has 0 N–H and O–H groups in total. The van der Waals surface area contributed by atoms with Crippen LogP contribution in [0.3, 0.4) is 0 Å². The Morgan fingerprint density at radius 2 is 2.05 bits per heavy atom. The third-order valence-electron chi connectivity index (χ3n) is 5.74. The van der Waals surface area contributed by atoms with E-state index in [1.54, 1.807) is 0 Å². The van der Waals surface area contributed by atoms with Crippen LogP contribution >= 0.6 is 0 Å². The first kappa shape index (κ1) is 15.5. The van der Waals surface area contributed by atoms with Crippen molar-refractivity contribution in [2.24, 2.45) is 11.8 Å². The lowest BCUT2D eigenvalue weighted by molar-refractivity contribution is -0.125. The number of piperidine rings is 1. The number of Topliss-reactive ketones (excluding diaryl/α,β-unsaturated/α-hetero) is 1. The minimum Gasteiger partial charge on any atom is -0.302 e. The zero-order valence-corrected chi connectivity index (χ0v) is 13.8. The van der Waals surface area contributed by atoms with Crippen molar-refractivity contribution in [1.29, 1.82) is 0 Å². The van der Waals surface area contributed by atoms with Gasteiger partial charge >= 0.3 is 0 Å². The molecule has 4 rings (SSSR count). The molecule has 0 amide bonds. The maximum Gasteiger partial charge on any atom is 0.137 e. The SMILES string of the molecule is C=Cc1ccc([C@H]2CC3CCC([C@H]2C(=O)CC)N(C)C3)cc1. The summed E-state index contributed by atoms with van der Waals surface area (Å²) in [6, 6.07) is 9.11. The molecule has 4 atom stereocenters. The van der Waals surface area contributed by atoms with Crippen LogP contribution < -0.4 is 0 Å². The quantitative estimate of drug-likeness (QED) is 0.833. The van der Waals surface area contributed by atoms with Gasteiger partial charge < -0.3 is 4.90 Å². The van der Waals surface area contributed by atoms with E-state index in [2.05, 4.69) is 42.8 Å². The standard InChI is InChI=1S/C20H27NO/c1-4-14-6-9-16(10-7-14)17-12-15-8-11-18(21(3)13-15)20(17)19(22)5-2/h4,6-7,9-10,15,17-18,20H,1,5,8,11-13H2,2-3H3/t15?,17-,18?,20+/m1/s1. The highest BCUT2D eigenvalue weighted by atomic mass is 16.1. The average Bonchev–Trinajstić information content (AvgIpc) is 2.81. The van der Waals surface area contributed by atoms with E-state index in [9.17, 15) is 4.79 Å². The number of nitrogens with zero attached hydrogens (tertiary/aromatic N) is 1. The van der Waals surface area contributed by atoms with Gasteiger partial charge in [-0.1, -0.05) is 43.8 Å². The van der Waals surface area contributed by atoms with Crippen molar-refractivity contribution in [3.8, 4) is 0 Å². The topological polar surface area (TPSA) is 20.3 Å². The number of carbonyl (C=O) groups is 1. The summed E-state index contributed by atoms with van der Waals surface area (Å²) < 4.78 is 0. The molecule has 0 radical (unpaired) electrons. The van der Waals surface area contributed by atoms with Crippen molar-refractivity contribution >= 4 is 11.9 Å². The fraction of sp³-hybridized carbons (Fsp3) is 0.550. The van der Waals surface area contributed by atoms with Crippen LogP contribution in [-0.2, 0) is 4.79 Å². The van der Waals surface area contributed by atoms with Crippen molar-refractivity contribution < 1.29 is 4.79 Å². The zero-order chi connectivity index (χ0) is 15.7. The summed E-state index contributed by atoms with van der Waals surface area (Å²) in [7, 11) is 2.20. The number of fused-ring (bicyclic) bond motifs is 4. The van der Waals surface area contributed by atoms with E-state index in [4.69, 9.17) is 0 Å². The van der Waals surface area contributed by atoms with Crippen LogP contribution in [0.5, 0.6) is 0 Å². The molecular formula is C20H27NO. The summed E-state index contributed by atoms with van der Waals surface area (Å²) >= 11 is 0. The van der Waals surface area contributed by atoms with Crippen LogP contribution in [-0.4, -0.2) is 30.3 Å². The van der Waals surface area contributed by atoms with Gasteiger partial charge in [0.25, 0.3) is 0 Å². The van der Waals surface area contributed by atoms with Gasteiger partial charge in [0.05, 0.1) is 0 Å². The molecule has 2 aliphatic heterocycles. The van der Waals surface area contributed by atoms with Gasteiger partial charge in [-0.2, -0.15) is 0 Å². The molecule has 1 saturated carbocycles. The highest BCUT2D eigenvalue weighted by Gasteiger charge is 2.44. The first-order valence-electron chi connectivity index (χ1n) is 8.59. The Balaban J connectivity index is 1.98. The van der Waals surface area contributed by atoms with Gasteiger partial charge in [0.1, 0.15) is 5.78 Å². The number of hydrogen-bond donors (Lipinski definition) is 0. The molecule has 2 nitrogen and oxygen atoms in total. The molecule has 3 aliphatic rings. The van der Waals surface area contributed by atoms with E-state index in [-0.39, 0.29) is 5.92 Å². The number of hydrogen-bond acceptors (Lipinski definition) is 2. The van der Waals surface area contributed by atoms with Gasteiger partial charge in [0.15, 0.2) is 0 Å². The maximum absolute atomic E-state index is 12.7. The minimum absolute atomic E-state index is 0.164. The van der Waals surface area contributed by atoms with Crippen LogP contribution in [0.2, 0.25) is 0 Å². The lowest BCUT2D eigenvalue weighted by Gasteiger charge is -2.37. The largest absolute Gasteiger partial charge is 0.302 e. The van der Waals surface area contributed by atoms with Crippen LogP contribution in [0, 0.1) is 11.8 Å². The molecule has 2 bridgehead atoms. The molecule has 1 aliphatic carbocycles. The summed E-state index contributed by atoms with van der Waals surface area (Å²) in [5.74, 6) is 1.73. The molecule has 22 heavy (non-hydrogen) atoms. The van der Waals surface area contributed by atoms with Crippen molar-refractivity contribution in [1.82, 2.24) is 4.90 Å². The Hall–Kier alpha value is -1.41. The lowest BCUT2D eigenvalue weighted by atomic mass is 9.77. The average molecular weight is 297 g/mol. The fourth-order valence-corrected chi connectivity index (χ4v) is 4.58. The summed E-state index contributed by atoms with van der Waals surface area (Å²) in [6.45, 7) is 6.99. The predicted molar refractivity (Wildman–Crippen MR) is 91.8 cm³/mol. The first-order chi connectivity index (χ1) is 10.6. The predicted octanol–water partition coefficient (Wildman–Crippen LogP) is 4.12. The Labute approximate surface area is 134 Å². The molecule has 2 saturated heterocycles. The van der Waals surface area contributed by atoms with Gasteiger partial charge in [-0.15, -0.1) is 0 Å². The summed E-state index contributed by atoms with van der Waals surface area (Å²) in [5, 5.41) is 0. The summed E-state index contributed by atoms with van der Waals surface area (Å²) in [6.07, 6.45) is 6.15. The molecule has 2 unspecified atom stereocenters. The summed E-state index contributed by atoms with van der Waals surface area (Å²) in [4.78, 5) is 15.2. The van der Waals surface area contributed by atoms with Gasteiger partial charge in [-0.3, -0.25) is 4.79 Å². The number of carbonyl (C=O) groups excluding carboxylic acids is 1. The third kappa shape index (κ3) is 2.77. The maximum atomic E-state index is 12.7. The highest BCUT2D eigenvalue weighted by Crippen LogP contribution is 2.45. The molecule has 0 aromatic heterocycles. The highest BCUT2D eigenvalue weighted by molar-refractivity contribution is 5.82. The van der Waals surface area contributed by atoms with Gasteiger partial charge in [0, 0.05) is 24.9 Å². The molecule has 2 heterocycles. The van der Waals surface area contributed by atoms with Crippen molar-refractivity contribution in [3.63, 3.8) is 0 Å². The van der Waals surface area contributed by atoms with Crippen molar-refractivity contribution in [2.45, 2.75) is 44.6 Å². The van der Waals surface area contributed by atoms with E-state index in [0.717, 1.165) is 24.4 Å². The number of ketones is 1. The van der Waals surface area contributed by atoms with Crippen LogP contribution in [0.25, 0.3) is 6.08 Å². The molecule has 0 spiro atoms. The van der Waals surface area contributed by atoms with Gasteiger partial charge in [0.2, 0.25) is 0 Å². The Kier molecular flexibility index (Phi) is 4.49. The van der Waals surface area contributed by atoms with E-state index in [1.165, 1.54) is 18.4 Å². The normalized spacial score (nSPS) is 31.7. The minimum atomic E-state index is 0.164. The van der Waals surface area contributed by atoms with Crippen LogP contribution in [0.1, 0.15) is 49.7 Å². The Morgan fingerprint density at radius 3 is 2.64 bits per heavy atom. The molecule has 3 fully saturated rings. The zero-order valence-electron chi connectivity index (χ0n) is 13.8. The fourth-order valence-electron chi connectivity index (χ4n) is 4.58. The van der Waals surface area contributed by atoms with Gasteiger partial charge in [-0.05, 0) is 49.3 Å². The smallest absolute Gasteiger partial charge is 0.137 e. The molecular weight excluding hydrogens is 270 g/mol. The van der Waals surface area contributed by atoms with Crippen LogP contribution in [0.4, 0.5) is 0 Å². The second-order valence-electron chi connectivity index (χ2n) is 7.01. The number of benzene rings is 1. The van der Waals surface area contributed by atoms with E-state index >= 15 is 0 Å². The van der Waals surface area contributed by atoms with Crippen molar-refractivity contribution in [3.05, 3.63) is 42.0 Å². The van der Waals surface area contributed by atoms with E-state index in [1.807, 2.05) is 13.0 Å². The first-order valence-corrected chi connectivity index (χ1v) is 8.59. The molecule has 1 aromatic rings. The lowest BCUT2D eigenvalue weighted by Crippen LogP contribution is -2.45. The Morgan fingerprint density at radius 1 is 1.32 bits per heavy atom. The van der Waals surface area contributed by atoms with Crippen molar-refractivity contribution in [2.75, 3.05) is 13.6 Å². The molecule has 1 aromatic carbocycles. The second-order valence-corrected chi connectivity index (χ2v) is 7.01. The van der Waals surface area contributed by atoms with Crippen LogP contribution in [0.15, 0.2) is 30.8 Å².